The van der Waals surface area contributed by atoms with Gasteiger partial charge in [-0.15, -0.1) is 0 Å². The van der Waals surface area contributed by atoms with Crippen molar-refractivity contribution < 1.29 is 0 Å². The van der Waals surface area contributed by atoms with Gasteiger partial charge in [0.05, 0.1) is 0 Å². The van der Waals surface area contributed by atoms with Crippen molar-refractivity contribution in [3.05, 3.63) is 0 Å². The van der Waals surface area contributed by atoms with Gasteiger partial charge >= 0.3 is 0 Å². The second-order valence-electron chi connectivity index (χ2n) is 5.32. The molecule has 1 fully saturated rings. The van der Waals surface area contributed by atoms with E-state index < -0.39 is 0 Å². The monoisotopic (exact) mass is 225 g/mol. The second-order valence-corrected chi connectivity index (χ2v) is 5.32. The van der Waals surface area contributed by atoms with E-state index in [9.17, 15) is 0 Å². The van der Waals surface area contributed by atoms with Crippen LogP contribution in [-0.4, -0.2) is 18.5 Å². The summed E-state index contributed by atoms with van der Waals surface area (Å²) in [5.74, 6) is 1.99. The summed E-state index contributed by atoms with van der Waals surface area (Å²) in [4.78, 5) is 4.37. The Kier molecular flexibility index (Phi) is 5.64. The lowest BCUT2D eigenvalue weighted by Gasteiger charge is -2.31. The third kappa shape index (κ3) is 4.42. The van der Waals surface area contributed by atoms with Gasteiger partial charge in [0.2, 0.25) is 0 Å². The lowest BCUT2D eigenvalue weighted by Crippen LogP contribution is -2.45. The summed E-state index contributed by atoms with van der Waals surface area (Å²) in [5.41, 5.74) is 5.91. The maximum Gasteiger partial charge on any atom is 0.188 e. The molecule has 2 unspecified atom stereocenters. The summed E-state index contributed by atoms with van der Waals surface area (Å²) < 4.78 is 0. The highest BCUT2D eigenvalue weighted by Crippen LogP contribution is 2.26. The molecule has 1 aliphatic carbocycles. The van der Waals surface area contributed by atoms with Crippen molar-refractivity contribution in [3.63, 3.8) is 0 Å². The van der Waals surface area contributed by atoms with Crippen LogP contribution in [0.1, 0.15) is 52.9 Å². The Bertz CT molecular complexity index is 223. The van der Waals surface area contributed by atoms with Gasteiger partial charge in [-0.05, 0) is 24.7 Å². The molecule has 1 aliphatic rings. The fourth-order valence-corrected chi connectivity index (χ4v) is 2.40. The fraction of sp³-hybridized carbons (Fsp3) is 0.923. The molecule has 2 atom stereocenters. The normalized spacial score (nSPS) is 27.1. The van der Waals surface area contributed by atoms with Crippen LogP contribution in [0.2, 0.25) is 0 Å². The van der Waals surface area contributed by atoms with Crippen LogP contribution in [0.25, 0.3) is 0 Å². The number of hydrogen-bond donors (Lipinski definition) is 2. The molecule has 0 aromatic carbocycles. The summed E-state index contributed by atoms with van der Waals surface area (Å²) in [5, 5.41) is 3.40. The van der Waals surface area contributed by atoms with E-state index in [2.05, 4.69) is 31.1 Å². The van der Waals surface area contributed by atoms with Crippen molar-refractivity contribution in [3.8, 4) is 0 Å². The van der Waals surface area contributed by atoms with Gasteiger partial charge in [0, 0.05) is 12.6 Å². The molecular weight excluding hydrogens is 198 g/mol. The number of guanidine groups is 1. The molecule has 3 heteroatoms. The van der Waals surface area contributed by atoms with Crippen molar-refractivity contribution in [1.29, 1.82) is 0 Å². The first-order valence-electron chi connectivity index (χ1n) is 6.70. The molecule has 0 bridgehead atoms. The third-order valence-electron chi connectivity index (χ3n) is 3.39. The zero-order valence-electron chi connectivity index (χ0n) is 11.0. The zero-order chi connectivity index (χ0) is 12.0. The van der Waals surface area contributed by atoms with E-state index in [4.69, 9.17) is 5.73 Å². The minimum atomic E-state index is 0.551. The minimum absolute atomic E-state index is 0.551. The maximum atomic E-state index is 5.91. The summed E-state index contributed by atoms with van der Waals surface area (Å²) in [6.45, 7) is 7.41. The van der Waals surface area contributed by atoms with E-state index in [1.807, 2.05) is 0 Å². The number of hydrogen-bond acceptors (Lipinski definition) is 1. The van der Waals surface area contributed by atoms with Crippen LogP contribution >= 0.6 is 0 Å². The van der Waals surface area contributed by atoms with Crippen LogP contribution in [0.15, 0.2) is 4.99 Å². The molecular formula is C13H27N3. The Morgan fingerprint density at radius 3 is 2.69 bits per heavy atom. The van der Waals surface area contributed by atoms with Crippen LogP contribution in [0.4, 0.5) is 0 Å². The molecule has 3 N–H and O–H groups in total. The Morgan fingerprint density at radius 1 is 1.38 bits per heavy atom. The fourth-order valence-electron chi connectivity index (χ4n) is 2.40. The largest absolute Gasteiger partial charge is 0.370 e. The average Bonchev–Trinajstić information content (AvgIpc) is 2.27. The number of nitrogens with one attached hydrogen (secondary N) is 1. The highest BCUT2D eigenvalue weighted by molar-refractivity contribution is 5.78. The molecule has 0 amide bonds. The van der Waals surface area contributed by atoms with Crippen LogP contribution in [0, 0.1) is 11.8 Å². The molecule has 16 heavy (non-hydrogen) atoms. The predicted molar refractivity (Wildman–Crippen MR) is 70.5 cm³/mol. The minimum Gasteiger partial charge on any atom is -0.370 e. The SMILES string of the molecule is CCC1CCCCC1NC(N)=NCC(C)C. The molecule has 1 rings (SSSR count). The Morgan fingerprint density at radius 2 is 2.06 bits per heavy atom. The lowest BCUT2D eigenvalue weighted by molar-refractivity contribution is 0.279. The Balaban J connectivity index is 2.41. The Labute approximate surface area is 99.9 Å². The van der Waals surface area contributed by atoms with Crippen molar-refractivity contribution in [1.82, 2.24) is 5.32 Å². The molecule has 0 saturated heterocycles. The Hall–Kier alpha value is -0.730. The van der Waals surface area contributed by atoms with Gasteiger partial charge in [0.15, 0.2) is 5.96 Å². The molecule has 0 heterocycles. The highest BCUT2D eigenvalue weighted by atomic mass is 15.1. The smallest absolute Gasteiger partial charge is 0.188 e. The topological polar surface area (TPSA) is 50.4 Å². The first-order valence-corrected chi connectivity index (χ1v) is 6.70. The molecule has 1 saturated carbocycles. The second kappa shape index (κ2) is 6.77. The van der Waals surface area contributed by atoms with Crippen molar-refractivity contribution in [2.75, 3.05) is 6.54 Å². The van der Waals surface area contributed by atoms with Gasteiger partial charge < -0.3 is 11.1 Å². The van der Waals surface area contributed by atoms with E-state index in [0.717, 1.165) is 12.5 Å². The van der Waals surface area contributed by atoms with Crippen molar-refractivity contribution in [2.24, 2.45) is 22.6 Å². The molecule has 0 aliphatic heterocycles. The van der Waals surface area contributed by atoms with Gasteiger partial charge in [-0.25, -0.2) is 0 Å². The highest BCUT2D eigenvalue weighted by Gasteiger charge is 2.23. The van der Waals surface area contributed by atoms with Crippen LogP contribution in [-0.2, 0) is 0 Å². The number of rotatable bonds is 4. The van der Waals surface area contributed by atoms with Gasteiger partial charge in [0.1, 0.15) is 0 Å². The van der Waals surface area contributed by atoms with E-state index in [0.29, 0.717) is 17.9 Å². The van der Waals surface area contributed by atoms with Gasteiger partial charge in [-0.1, -0.05) is 40.0 Å². The molecule has 0 radical (unpaired) electrons. The van der Waals surface area contributed by atoms with E-state index in [1.165, 1.54) is 32.1 Å². The van der Waals surface area contributed by atoms with Gasteiger partial charge in [-0.3, -0.25) is 4.99 Å². The summed E-state index contributed by atoms with van der Waals surface area (Å²) in [7, 11) is 0. The van der Waals surface area contributed by atoms with Crippen LogP contribution < -0.4 is 11.1 Å². The number of nitrogens with zero attached hydrogens (tertiary/aromatic N) is 1. The number of aliphatic imine (C=N–C) groups is 1. The van der Waals surface area contributed by atoms with Crippen molar-refractivity contribution in [2.45, 2.75) is 58.9 Å². The van der Waals surface area contributed by atoms with E-state index in [-0.39, 0.29) is 0 Å². The summed E-state index contributed by atoms with van der Waals surface area (Å²) in [6, 6.07) is 0.551. The standard InChI is InChI=1S/C13H27N3/c1-4-11-7-5-6-8-12(11)16-13(14)15-9-10(2)3/h10-12H,4-9H2,1-3H3,(H3,14,15,16). The van der Waals surface area contributed by atoms with Gasteiger partial charge in [-0.2, -0.15) is 0 Å². The first kappa shape index (κ1) is 13.3. The quantitative estimate of drug-likeness (QED) is 0.570. The average molecular weight is 225 g/mol. The van der Waals surface area contributed by atoms with Crippen molar-refractivity contribution >= 4 is 5.96 Å². The summed E-state index contributed by atoms with van der Waals surface area (Å²) in [6.07, 6.45) is 6.53. The molecule has 0 aromatic heterocycles. The van der Waals surface area contributed by atoms with Gasteiger partial charge in [0.25, 0.3) is 0 Å². The van der Waals surface area contributed by atoms with Crippen LogP contribution in [0.5, 0.6) is 0 Å². The lowest BCUT2D eigenvalue weighted by atomic mass is 9.83. The summed E-state index contributed by atoms with van der Waals surface area (Å²) >= 11 is 0. The molecule has 94 valence electrons. The third-order valence-corrected chi connectivity index (χ3v) is 3.39. The van der Waals surface area contributed by atoms with Crippen LogP contribution in [0.3, 0.4) is 0 Å². The maximum absolute atomic E-state index is 5.91. The molecule has 0 spiro atoms. The first-order chi connectivity index (χ1) is 7.63. The van der Waals surface area contributed by atoms with E-state index >= 15 is 0 Å². The zero-order valence-corrected chi connectivity index (χ0v) is 11.0. The van der Waals surface area contributed by atoms with E-state index in [1.54, 1.807) is 0 Å². The number of nitrogens with two attached hydrogens (primary N) is 1. The predicted octanol–water partition coefficient (Wildman–Crippen LogP) is 2.52. The molecule has 0 aromatic rings. The molecule has 3 nitrogen and oxygen atoms in total.